The molecule has 3 heterocycles. The van der Waals surface area contributed by atoms with Gasteiger partial charge in [0, 0.05) is 13.0 Å². The normalized spacial score (nSPS) is 24.2. The van der Waals surface area contributed by atoms with E-state index in [1.54, 1.807) is 6.07 Å². The van der Waals surface area contributed by atoms with E-state index in [1.807, 2.05) is 6.07 Å². The second kappa shape index (κ2) is 3.69. The van der Waals surface area contributed by atoms with E-state index < -0.39 is 5.97 Å². The number of hydrogen-bond donors (Lipinski definition) is 1. The molecule has 2 bridgehead atoms. The molecule has 1 aromatic heterocycles. The number of carbonyl (C=O) groups excluding carboxylic acids is 1. The van der Waals surface area contributed by atoms with E-state index in [9.17, 15) is 4.79 Å². The number of nitrogens with one attached hydrogen (secondary N) is 1. The predicted octanol–water partition coefficient (Wildman–Crippen LogP) is 0.901. The minimum absolute atomic E-state index is 0.297. The van der Waals surface area contributed by atoms with Gasteiger partial charge >= 0.3 is 5.97 Å². The average Bonchev–Trinajstić information content (AvgIpc) is 2.76. The third-order valence-corrected chi connectivity index (χ3v) is 3.51. The standard InChI is InChI=1S/C12H14N4O2/c1-13-12-5-6-16(7-12)9-4-3-8(11(17)18-2)14-10(9)15-12/h3-4H,1,5-7H2,2H3,(H,14,15). The highest BCUT2D eigenvalue weighted by atomic mass is 16.5. The predicted molar refractivity (Wildman–Crippen MR) is 68.3 cm³/mol. The summed E-state index contributed by atoms with van der Waals surface area (Å²) in [6.45, 7) is 5.35. The van der Waals surface area contributed by atoms with Gasteiger partial charge in [0.25, 0.3) is 0 Å². The molecule has 0 radical (unpaired) electrons. The summed E-state index contributed by atoms with van der Waals surface area (Å²) >= 11 is 0. The first-order chi connectivity index (χ1) is 8.67. The van der Waals surface area contributed by atoms with Crippen molar-refractivity contribution in [1.82, 2.24) is 4.98 Å². The summed E-state index contributed by atoms with van der Waals surface area (Å²) in [4.78, 5) is 22.1. The molecule has 3 rings (SSSR count). The van der Waals surface area contributed by atoms with Crippen molar-refractivity contribution >= 4 is 24.2 Å². The van der Waals surface area contributed by atoms with Crippen molar-refractivity contribution in [1.29, 1.82) is 0 Å². The number of hydrogen-bond acceptors (Lipinski definition) is 6. The smallest absolute Gasteiger partial charge is 0.356 e. The lowest BCUT2D eigenvalue weighted by Crippen LogP contribution is -2.43. The van der Waals surface area contributed by atoms with Crippen molar-refractivity contribution in [2.45, 2.75) is 12.1 Å². The molecule has 2 aliphatic rings. The molecule has 1 unspecified atom stereocenters. The summed E-state index contributed by atoms with van der Waals surface area (Å²) in [5, 5.41) is 3.28. The van der Waals surface area contributed by atoms with E-state index >= 15 is 0 Å². The molecule has 18 heavy (non-hydrogen) atoms. The molecule has 1 saturated heterocycles. The van der Waals surface area contributed by atoms with Crippen LogP contribution in [0.3, 0.4) is 0 Å². The number of methoxy groups -OCH3 is 1. The molecule has 0 saturated carbocycles. The third-order valence-electron chi connectivity index (χ3n) is 3.51. The van der Waals surface area contributed by atoms with Gasteiger partial charge < -0.3 is 15.0 Å². The highest BCUT2D eigenvalue weighted by Crippen LogP contribution is 2.39. The monoisotopic (exact) mass is 246 g/mol. The molecule has 94 valence electrons. The summed E-state index contributed by atoms with van der Waals surface area (Å²) in [7, 11) is 1.34. The molecule has 2 aliphatic heterocycles. The van der Waals surface area contributed by atoms with Crippen molar-refractivity contribution in [3.05, 3.63) is 17.8 Å². The Hall–Kier alpha value is -2.11. The largest absolute Gasteiger partial charge is 0.464 e. The molecule has 1 aromatic rings. The van der Waals surface area contributed by atoms with Crippen molar-refractivity contribution in [3.63, 3.8) is 0 Å². The number of ether oxygens (including phenoxy) is 1. The van der Waals surface area contributed by atoms with Gasteiger partial charge in [-0.25, -0.2) is 9.78 Å². The lowest BCUT2D eigenvalue weighted by Gasteiger charge is -2.34. The van der Waals surface area contributed by atoms with Crippen LogP contribution in [0.5, 0.6) is 0 Å². The first-order valence-electron chi connectivity index (χ1n) is 5.78. The first-order valence-corrected chi connectivity index (χ1v) is 5.78. The van der Waals surface area contributed by atoms with Crippen LogP contribution < -0.4 is 10.2 Å². The maximum absolute atomic E-state index is 11.5. The summed E-state index contributed by atoms with van der Waals surface area (Å²) in [6, 6.07) is 3.57. The Morgan fingerprint density at radius 1 is 1.67 bits per heavy atom. The maximum atomic E-state index is 11.5. The molecule has 0 aromatic carbocycles. The second-order valence-electron chi connectivity index (χ2n) is 4.54. The van der Waals surface area contributed by atoms with Crippen LogP contribution in [0.15, 0.2) is 17.1 Å². The maximum Gasteiger partial charge on any atom is 0.356 e. The minimum atomic E-state index is -0.437. The van der Waals surface area contributed by atoms with Gasteiger partial charge in [-0.1, -0.05) is 0 Å². The Bertz CT molecular complexity index is 531. The summed E-state index contributed by atoms with van der Waals surface area (Å²) in [5.74, 6) is 0.238. The third kappa shape index (κ3) is 1.45. The number of anilines is 2. The van der Waals surface area contributed by atoms with Crippen LogP contribution >= 0.6 is 0 Å². The number of rotatable bonds is 2. The lowest BCUT2D eigenvalue weighted by atomic mass is 10.1. The van der Waals surface area contributed by atoms with Crippen molar-refractivity contribution < 1.29 is 9.53 Å². The first kappa shape index (κ1) is 11.0. The van der Waals surface area contributed by atoms with Crippen LogP contribution in [-0.2, 0) is 4.74 Å². The topological polar surface area (TPSA) is 66.8 Å². The summed E-state index contributed by atoms with van der Waals surface area (Å²) in [6.07, 6.45) is 0.889. The van der Waals surface area contributed by atoms with Gasteiger partial charge in [0.05, 0.1) is 19.3 Å². The second-order valence-corrected chi connectivity index (χ2v) is 4.54. The fourth-order valence-corrected chi connectivity index (χ4v) is 2.51. The van der Waals surface area contributed by atoms with Crippen molar-refractivity contribution in [2.24, 2.45) is 4.99 Å². The summed E-state index contributed by atoms with van der Waals surface area (Å²) < 4.78 is 4.67. The molecule has 6 heteroatoms. The Labute approximate surface area is 105 Å². The van der Waals surface area contributed by atoms with Crippen LogP contribution in [0.1, 0.15) is 16.9 Å². The van der Waals surface area contributed by atoms with E-state index in [-0.39, 0.29) is 5.66 Å². The van der Waals surface area contributed by atoms with E-state index in [2.05, 4.69) is 31.6 Å². The molecule has 6 nitrogen and oxygen atoms in total. The Morgan fingerprint density at radius 3 is 3.22 bits per heavy atom. The van der Waals surface area contributed by atoms with Crippen molar-refractivity contribution in [3.8, 4) is 0 Å². The molecule has 0 aliphatic carbocycles. The number of pyridine rings is 1. The SMILES string of the molecule is C=NC12CCN(C1)c1ccc(C(=O)OC)nc1N2. The Balaban J connectivity index is 2.03. The number of fused-ring (bicyclic) bond motifs is 4. The number of aromatic nitrogens is 1. The molecular weight excluding hydrogens is 232 g/mol. The van der Waals surface area contributed by atoms with Gasteiger partial charge in [-0.15, -0.1) is 0 Å². The lowest BCUT2D eigenvalue weighted by molar-refractivity contribution is 0.0594. The number of carbonyl (C=O) groups is 1. The van der Waals surface area contributed by atoms with Crippen LogP contribution in [0.2, 0.25) is 0 Å². The zero-order chi connectivity index (χ0) is 12.8. The zero-order valence-electron chi connectivity index (χ0n) is 10.1. The molecule has 1 N–H and O–H groups in total. The van der Waals surface area contributed by atoms with Gasteiger partial charge in [-0.3, -0.25) is 4.99 Å². The molecule has 0 amide bonds. The Kier molecular flexibility index (Phi) is 2.26. The average molecular weight is 246 g/mol. The van der Waals surface area contributed by atoms with Gasteiger partial charge in [-0.2, -0.15) is 0 Å². The van der Waals surface area contributed by atoms with E-state index in [1.165, 1.54) is 7.11 Å². The van der Waals surface area contributed by atoms with E-state index in [0.29, 0.717) is 11.5 Å². The fourth-order valence-electron chi connectivity index (χ4n) is 2.51. The van der Waals surface area contributed by atoms with Crippen LogP contribution in [0, 0.1) is 0 Å². The van der Waals surface area contributed by atoms with Gasteiger partial charge in [-0.05, 0) is 18.9 Å². The van der Waals surface area contributed by atoms with Gasteiger partial charge in [0.1, 0.15) is 5.66 Å². The quantitative estimate of drug-likeness (QED) is 0.620. The van der Waals surface area contributed by atoms with Gasteiger partial charge in [0.2, 0.25) is 0 Å². The van der Waals surface area contributed by atoms with Gasteiger partial charge in [0.15, 0.2) is 11.5 Å². The number of aliphatic imine (C=N–C) groups is 1. The number of esters is 1. The van der Waals surface area contributed by atoms with Crippen LogP contribution in [0.25, 0.3) is 0 Å². The highest BCUT2D eigenvalue weighted by molar-refractivity contribution is 5.89. The Morgan fingerprint density at radius 2 is 2.50 bits per heavy atom. The number of nitrogens with zero attached hydrogens (tertiary/aromatic N) is 3. The molecular formula is C12H14N4O2. The fraction of sp³-hybridized carbons (Fsp3) is 0.417. The summed E-state index contributed by atoms with van der Waals surface area (Å²) in [5.41, 5.74) is 0.930. The zero-order valence-corrected chi connectivity index (χ0v) is 10.1. The molecule has 1 atom stereocenters. The molecule has 0 spiro atoms. The minimum Gasteiger partial charge on any atom is -0.464 e. The van der Waals surface area contributed by atoms with Crippen molar-refractivity contribution in [2.75, 3.05) is 30.4 Å². The highest BCUT2D eigenvalue weighted by Gasteiger charge is 2.43. The van der Waals surface area contributed by atoms with E-state index in [0.717, 1.165) is 25.2 Å². The van der Waals surface area contributed by atoms with Crippen LogP contribution in [0.4, 0.5) is 11.5 Å². The van der Waals surface area contributed by atoms with Crippen LogP contribution in [-0.4, -0.2) is 43.5 Å². The van der Waals surface area contributed by atoms with E-state index in [4.69, 9.17) is 0 Å². The molecule has 1 fully saturated rings.